The van der Waals surface area contributed by atoms with E-state index in [1.54, 1.807) is 0 Å². The predicted molar refractivity (Wildman–Crippen MR) is 129 cm³/mol. The molecule has 1 aromatic heterocycles. The van der Waals surface area contributed by atoms with Crippen LogP contribution in [0, 0.1) is 0 Å². The van der Waals surface area contributed by atoms with Crippen LogP contribution >= 0.6 is 0 Å². The summed E-state index contributed by atoms with van der Waals surface area (Å²) in [4.78, 5) is 14.6. The maximum atomic E-state index is 4.93. The Bertz CT molecular complexity index is 837. The Hall–Kier alpha value is -2.17. The van der Waals surface area contributed by atoms with Gasteiger partial charge in [-0.25, -0.2) is 4.98 Å². The molecule has 1 aromatic carbocycles. The lowest BCUT2D eigenvalue weighted by Crippen LogP contribution is -2.29. The highest BCUT2D eigenvalue weighted by Gasteiger charge is 2.30. The standard InChI is InChI=1S/C25H41N5/c1-10-23(5,6)20-27-21(25(9,12-3)13-4)29-22(28-20)26-18-15-14-16-19(17-18)30-24(7,8)11-2/h14-17,30H,10-13H2,1-9H3,(H,26,27,28,29). The van der Waals surface area contributed by atoms with Crippen molar-refractivity contribution in [1.82, 2.24) is 15.0 Å². The Balaban J connectivity index is 2.45. The Labute approximate surface area is 183 Å². The van der Waals surface area contributed by atoms with Crippen molar-refractivity contribution in [3.05, 3.63) is 35.9 Å². The quantitative estimate of drug-likeness (QED) is 0.441. The monoisotopic (exact) mass is 411 g/mol. The van der Waals surface area contributed by atoms with Gasteiger partial charge in [-0.2, -0.15) is 9.97 Å². The highest BCUT2D eigenvalue weighted by atomic mass is 15.2. The van der Waals surface area contributed by atoms with Crippen LogP contribution in [-0.4, -0.2) is 20.5 Å². The zero-order valence-corrected chi connectivity index (χ0v) is 20.5. The van der Waals surface area contributed by atoms with Crippen LogP contribution in [0.5, 0.6) is 0 Å². The van der Waals surface area contributed by atoms with Crippen molar-refractivity contribution in [3.8, 4) is 0 Å². The van der Waals surface area contributed by atoms with Gasteiger partial charge in [-0.15, -0.1) is 0 Å². The molecule has 2 aromatic rings. The molecular weight excluding hydrogens is 370 g/mol. The summed E-state index contributed by atoms with van der Waals surface area (Å²) >= 11 is 0. The van der Waals surface area contributed by atoms with Crippen LogP contribution in [-0.2, 0) is 10.8 Å². The van der Waals surface area contributed by atoms with Crippen molar-refractivity contribution < 1.29 is 0 Å². The van der Waals surface area contributed by atoms with Gasteiger partial charge in [0.25, 0.3) is 0 Å². The molecule has 2 N–H and O–H groups in total. The van der Waals surface area contributed by atoms with Crippen LogP contribution in [0.15, 0.2) is 24.3 Å². The molecular formula is C25H41N5. The van der Waals surface area contributed by atoms with E-state index < -0.39 is 0 Å². The van der Waals surface area contributed by atoms with Crippen LogP contribution in [0.25, 0.3) is 0 Å². The number of nitrogens with zero attached hydrogens (tertiary/aromatic N) is 3. The third-order valence-corrected chi connectivity index (χ3v) is 6.71. The van der Waals surface area contributed by atoms with E-state index in [0.717, 1.165) is 48.7 Å². The summed E-state index contributed by atoms with van der Waals surface area (Å²) < 4.78 is 0. The number of nitrogens with one attached hydrogen (secondary N) is 2. The summed E-state index contributed by atoms with van der Waals surface area (Å²) in [6, 6.07) is 8.32. The summed E-state index contributed by atoms with van der Waals surface area (Å²) in [7, 11) is 0. The highest BCUT2D eigenvalue weighted by Crippen LogP contribution is 2.32. The molecule has 0 bridgehead atoms. The van der Waals surface area contributed by atoms with Gasteiger partial charge in [0.2, 0.25) is 5.95 Å². The van der Waals surface area contributed by atoms with E-state index in [4.69, 9.17) is 15.0 Å². The normalized spacial score (nSPS) is 12.7. The summed E-state index contributed by atoms with van der Waals surface area (Å²) in [5, 5.41) is 7.04. The van der Waals surface area contributed by atoms with Crippen molar-refractivity contribution in [3.63, 3.8) is 0 Å². The molecule has 166 valence electrons. The van der Waals surface area contributed by atoms with Crippen LogP contribution in [0.3, 0.4) is 0 Å². The van der Waals surface area contributed by atoms with Crippen molar-refractivity contribution >= 4 is 17.3 Å². The summed E-state index contributed by atoms with van der Waals surface area (Å²) in [6.45, 7) is 19.8. The van der Waals surface area contributed by atoms with Gasteiger partial charge in [0, 0.05) is 27.7 Å². The lowest BCUT2D eigenvalue weighted by molar-refractivity contribution is 0.396. The predicted octanol–water partition coefficient (Wildman–Crippen LogP) is 6.98. The summed E-state index contributed by atoms with van der Waals surface area (Å²) in [5.41, 5.74) is 1.93. The molecule has 5 nitrogen and oxygen atoms in total. The Morgan fingerprint density at radius 3 is 1.90 bits per heavy atom. The second-order valence-electron chi connectivity index (χ2n) is 9.88. The molecule has 0 fully saturated rings. The van der Waals surface area contributed by atoms with Gasteiger partial charge in [-0.3, -0.25) is 0 Å². The first-order valence-electron chi connectivity index (χ1n) is 11.4. The fraction of sp³-hybridized carbons (Fsp3) is 0.640. The lowest BCUT2D eigenvalue weighted by atomic mass is 9.83. The molecule has 30 heavy (non-hydrogen) atoms. The minimum atomic E-state index is -0.106. The number of hydrogen-bond donors (Lipinski definition) is 2. The first-order valence-corrected chi connectivity index (χ1v) is 11.4. The van der Waals surface area contributed by atoms with Crippen molar-refractivity contribution in [1.29, 1.82) is 0 Å². The van der Waals surface area contributed by atoms with Crippen LogP contribution in [0.2, 0.25) is 0 Å². The molecule has 0 aliphatic heterocycles. The highest BCUT2D eigenvalue weighted by molar-refractivity contribution is 5.61. The summed E-state index contributed by atoms with van der Waals surface area (Å²) in [6.07, 6.45) is 3.99. The molecule has 0 aliphatic carbocycles. The Morgan fingerprint density at radius 2 is 1.33 bits per heavy atom. The molecule has 0 spiro atoms. The molecule has 5 heteroatoms. The SMILES string of the molecule is CCC(C)(C)Nc1cccc(Nc2nc(C(C)(C)CC)nc(C(C)(CC)CC)n2)c1. The van der Waals surface area contributed by atoms with Crippen LogP contribution < -0.4 is 10.6 Å². The molecule has 0 saturated carbocycles. The van der Waals surface area contributed by atoms with Crippen molar-refractivity contribution in [2.45, 2.75) is 104 Å². The first-order chi connectivity index (χ1) is 14.0. The average molecular weight is 412 g/mol. The van der Waals surface area contributed by atoms with Gasteiger partial charge in [0.15, 0.2) is 0 Å². The fourth-order valence-electron chi connectivity index (χ4n) is 3.01. The molecule has 0 amide bonds. The van der Waals surface area contributed by atoms with E-state index in [9.17, 15) is 0 Å². The fourth-order valence-corrected chi connectivity index (χ4v) is 3.01. The maximum Gasteiger partial charge on any atom is 0.230 e. The largest absolute Gasteiger partial charge is 0.380 e. The van der Waals surface area contributed by atoms with E-state index >= 15 is 0 Å². The Kier molecular flexibility index (Phi) is 7.49. The number of hydrogen-bond acceptors (Lipinski definition) is 5. The first kappa shape index (κ1) is 24.1. The van der Waals surface area contributed by atoms with E-state index in [2.05, 4.69) is 97.2 Å². The third-order valence-electron chi connectivity index (χ3n) is 6.71. The summed E-state index contributed by atoms with van der Waals surface area (Å²) in [5.74, 6) is 2.35. The second kappa shape index (κ2) is 9.32. The number of anilines is 3. The minimum Gasteiger partial charge on any atom is -0.380 e. The topological polar surface area (TPSA) is 62.7 Å². The lowest BCUT2D eigenvalue weighted by Gasteiger charge is -2.28. The van der Waals surface area contributed by atoms with Gasteiger partial charge < -0.3 is 10.6 Å². The van der Waals surface area contributed by atoms with E-state index in [0.29, 0.717) is 5.95 Å². The minimum absolute atomic E-state index is 0.0430. The number of rotatable bonds is 10. The van der Waals surface area contributed by atoms with Gasteiger partial charge in [-0.1, -0.05) is 54.5 Å². The van der Waals surface area contributed by atoms with Crippen molar-refractivity contribution in [2.24, 2.45) is 0 Å². The van der Waals surface area contributed by atoms with Crippen LogP contribution in [0.1, 0.15) is 99.6 Å². The van der Waals surface area contributed by atoms with Gasteiger partial charge in [0.1, 0.15) is 11.6 Å². The molecule has 0 atom stereocenters. The van der Waals surface area contributed by atoms with Gasteiger partial charge >= 0.3 is 0 Å². The molecule has 0 saturated heterocycles. The van der Waals surface area contributed by atoms with Crippen LogP contribution in [0.4, 0.5) is 17.3 Å². The molecule has 2 rings (SSSR count). The molecule has 0 radical (unpaired) electrons. The second-order valence-corrected chi connectivity index (χ2v) is 9.88. The molecule has 0 aliphatic rings. The van der Waals surface area contributed by atoms with Gasteiger partial charge in [0.05, 0.1) is 0 Å². The Morgan fingerprint density at radius 1 is 0.733 bits per heavy atom. The zero-order valence-electron chi connectivity index (χ0n) is 20.5. The number of benzene rings is 1. The number of aromatic nitrogens is 3. The van der Waals surface area contributed by atoms with Gasteiger partial charge in [-0.05, 0) is 57.7 Å². The van der Waals surface area contributed by atoms with Crippen molar-refractivity contribution in [2.75, 3.05) is 10.6 Å². The zero-order chi connectivity index (χ0) is 22.6. The van der Waals surface area contributed by atoms with E-state index in [1.165, 1.54) is 0 Å². The molecule has 1 heterocycles. The van der Waals surface area contributed by atoms with E-state index in [1.807, 2.05) is 0 Å². The average Bonchev–Trinajstić information content (AvgIpc) is 2.72. The van der Waals surface area contributed by atoms with E-state index in [-0.39, 0.29) is 16.4 Å². The smallest absolute Gasteiger partial charge is 0.230 e. The molecule has 0 unspecified atom stereocenters. The maximum absolute atomic E-state index is 4.93. The third kappa shape index (κ3) is 5.71.